The van der Waals surface area contributed by atoms with Crippen LogP contribution in [-0.4, -0.2) is 72.3 Å². The molecule has 3 aliphatic rings. The van der Waals surface area contributed by atoms with Gasteiger partial charge < -0.3 is 19.3 Å². The van der Waals surface area contributed by atoms with Crippen molar-refractivity contribution < 1.29 is 19.1 Å². The number of likely N-dealkylation sites (tertiary alicyclic amines) is 1. The van der Waals surface area contributed by atoms with Gasteiger partial charge in [-0.1, -0.05) is 18.6 Å². The molecule has 2 fully saturated rings. The van der Waals surface area contributed by atoms with Crippen LogP contribution >= 0.6 is 11.8 Å². The largest absolute Gasteiger partial charge is 0.497 e. The van der Waals surface area contributed by atoms with E-state index in [1.165, 1.54) is 11.8 Å². The average Bonchev–Trinajstić information content (AvgIpc) is 2.95. The Morgan fingerprint density at radius 3 is 2.40 bits per heavy atom. The summed E-state index contributed by atoms with van der Waals surface area (Å²) in [6.45, 7) is 10.5. The maximum atomic E-state index is 13.7. The molecule has 1 aromatic rings. The first-order valence-electron chi connectivity index (χ1n) is 12.3. The number of amides is 3. The zero-order valence-corrected chi connectivity index (χ0v) is 22.8. The average molecular weight is 500 g/mol. The van der Waals surface area contributed by atoms with Crippen LogP contribution in [0.4, 0.5) is 4.79 Å². The second-order valence-electron chi connectivity index (χ2n) is 9.71. The lowest BCUT2D eigenvalue weighted by atomic mass is 9.82. The number of rotatable bonds is 5. The second-order valence-corrected chi connectivity index (χ2v) is 10.5. The van der Waals surface area contributed by atoms with Gasteiger partial charge in [0.25, 0.3) is 5.91 Å². The molecule has 190 valence electrons. The van der Waals surface area contributed by atoms with Gasteiger partial charge in [0.15, 0.2) is 0 Å². The van der Waals surface area contributed by atoms with E-state index in [1.807, 2.05) is 53.9 Å². The summed E-state index contributed by atoms with van der Waals surface area (Å²) < 4.78 is 11.2. The zero-order valence-electron chi connectivity index (χ0n) is 21.9. The van der Waals surface area contributed by atoms with Gasteiger partial charge in [0.2, 0.25) is 0 Å². The van der Waals surface area contributed by atoms with Crippen LogP contribution in [0.2, 0.25) is 0 Å². The number of nitrogens with zero attached hydrogens (tertiary/aromatic N) is 3. The van der Waals surface area contributed by atoms with Crippen molar-refractivity contribution in [3.05, 3.63) is 45.5 Å². The minimum Gasteiger partial charge on any atom is -0.497 e. The molecule has 1 spiro atoms. The number of carbonyl (C=O) groups excluding carboxylic acids is 2. The maximum Gasteiger partial charge on any atom is 0.325 e. The molecule has 0 aromatic heterocycles. The Bertz CT molecular complexity index is 1080. The summed E-state index contributed by atoms with van der Waals surface area (Å²) in [6.07, 6.45) is 5.66. The van der Waals surface area contributed by atoms with Crippen LogP contribution in [0.1, 0.15) is 57.6 Å². The van der Waals surface area contributed by atoms with E-state index in [0.29, 0.717) is 26.2 Å². The molecule has 3 heterocycles. The highest BCUT2D eigenvalue weighted by Crippen LogP contribution is 2.49. The Balaban J connectivity index is 1.71. The second kappa shape index (κ2) is 9.80. The van der Waals surface area contributed by atoms with Crippen LogP contribution in [0.5, 0.6) is 11.5 Å². The Morgan fingerprint density at radius 2 is 1.86 bits per heavy atom. The fourth-order valence-corrected chi connectivity index (χ4v) is 6.70. The summed E-state index contributed by atoms with van der Waals surface area (Å²) in [5.74, 6) is 1.68. The summed E-state index contributed by atoms with van der Waals surface area (Å²) in [5, 5.41) is 0. The Hall–Kier alpha value is -2.61. The molecule has 0 N–H and O–H groups in total. The predicted molar refractivity (Wildman–Crippen MR) is 140 cm³/mol. The monoisotopic (exact) mass is 499 g/mol. The number of hydrogen-bond donors (Lipinski definition) is 0. The predicted octanol–water partition coefficient (Wildman–Crippen LogP) is 4.98. The standard InChI is InChI=1S/C27H37N3O4S/c1-8-30-26(32)29-16-19-14-20(33-5)15-21(34-6)23(19)18(4)13-22(29)27(30)9-11-28(12-10-27)25(31)24(35-7)17(2)3/h13-15,18H,8-12,16H2,1-7H3. The van der Waals surface area contributed by atoms with Crippen LogP contribution < -0.4 is 9.47 Å². The molecule has 1 atom stereocenters. The highest BCUT2D eigenvalue weighted by molar-refractivity contribution is 8.03. The van der Waals surface area contributed by atoms with E-state index in [-0.39, 0.29) is 17.9 Å². The summed E-state index contributed by atoms with van der Waals surface area (Å²) in [4.78, 5) is 33.6. The molecule has 0 bridgehead atoms. The summed E-state index contributed by atoms with van der Waals surface area (Å²) in [5.41, 5.74) is 3.85. The number of hydrogen-bond acceptors (Lipinski definition) is 5. The van der Waals surface area contributed by atoms with Gasteiger partial charge in [-0.3, -0.25) is 9.69 Å². The number of allylic oxidation sites excluding steroid dienone is 2. The molecule has 3 amide bonds. The molecule has 3 aliphatic heterocycles. The van der Waals surface area contributed by atoms with Crippen molar-refractivity contribution in [3.63, 3.8) is 0 Å². The van der Waals surface area contributed by atoms with Crippen molar-refractivity contribution in [3.8, 4) is 11.5 Å². The van der Waals surface area contributed by atoms with Crippen LogP contribution in [0, 0.1) is 0 Å². The molecular formula is C27H37N3O4S. The molecule has 0 radical (unpaired) electrons. The fourth-order valence-electron chi connectivity index (χ4n) is 5.99. The molecule has 4 rings (SSSR count). The summed E-state index contributed by atoms with van der Waals surface area (Å²) in [6, 6.07) is 3.97. The van der Waals surface area contributed by atoms with E-state index in [9.17, 15) is 9.59 Å². The number of piperidine rings is 1. The topological polar surface area (TPSA) is 62.3 Å². The van der Waals surface area contributed by atoms with Crippen LogP contribution in [-0.2, 0) is 11.3 Å². The van der Waals surface area contributed by atoms with E-state index in [4.69, 9.17) is 9.47 Å². The van der Waals surface area contributed by atoms with Gasteiger partial charge in [-0.05, 0) is 51.5 Å². The number of methoxy groups -OCH3 is 2. The lowest BCUT2D eigenvalue weighted by molar-refractivity contribution is -0.128. The molecule has 2 saturated heterocycles. The highest BCUT2D eigenvalue weighted by Gasteiger charge is 2.55. The minimum atomic E-state index is -0.402. The minimum absolute atomic E-state index is 0.0365. The first-order valence-corrected chi connectivity index (χ1v) is 13.5. The van der Waals surface area contributed by atoms with E-state index in [1.54, 1.807) is 14.2 Å². The van der Waals surface area contributed by atoms with E-state index in [0.717, 1.165) is 51.6 Å². The fraction of sp³-hybridized carbons (Fsp3) is 0.556. The highest BCUT2D eigenvalue weighted by atomic mass is 32.2. The molecule has 8 heteroatoms. The van der Waals surface area contributed by atoms with Crippen LogP contribution in [0.15, 0.2) is 34.4 Å². The van der Waals surface area contributed by atoms with Crippen LogP contribution in [0.3, 0.4) is 0 Å². The van der Waals surface area contributed by atoms with Gasteiger partial charge in [-0.2, -0.15) is 0 Å². The van der Waals surface area contributed by atoms with Crippen molar-refractivity contribution in [2.75, 3.05) is 40.1 Å². The van der Waals surface area contributed by atoms with Crippen molar-refractivity contribution in [2.45, 2.75) is 58.5 Å². The quantitative estimate of drug-likeness (QED) is 0.535. The molecule has 1 unspecified atom stereocenters. The van der Waals surface area contributed by atoms with Gasteiger partial charge in [0.1, 0.15) is 11.5 Å². The van der Waals surface area contributed by atoms with Crippen molar-refractivity contribution in [1.29, 1.82) is 0 Å². The van der Waals surface area contributed by atoms with Gasteiger partial charge in [0, 0.05) is 42.9 Å². The lowest BCUT2D eigenvalue weighted by Crippen LogP contribution is -2.54. The maximum absolute atomic E-state index is 13.7. The number of ether oxygens (including phenoxy) is 2. The third kappa shape index (κ3) is 4.09. The van der Waals surface area contributed by atoms with Crippen molar-refractivity contribution in [2.24, 2.45) is 0 Å². The van der Waals surface area contributed by atoms with Crippen molar-refractivity contribution in [1.82, 2.24) is 14.7 Å². The smallest absolute Gasteiger partial charge is 0.325 e. The number of thioether (sulfide) groups is 1. The molecule has 0 saturated carbocycles. The SMILES string of the molecule is CCN1C(=O)N2Cc3cc(OC)cc(OC)c3C(C)C=C2C12CCN(C(=O)C(SC)=C(C)C)CC2. The molecule has 0 aliphatic carbocycles. The molecule has 7 nitrogen and oxygen atoms in total. The number of fused-ring (bicyclic) bond motifs is 3. The first-order chi connectivity index (χ1) is 16.7. The Morgan fingerprint density at radius 1 is 1.17 bits per heavy atom. The third-order valence-corrected chi connectivity index (χ3v) is 8.63. The van der Waals surface area contributed by atoms with E-state index >= 15 is 0 Å². The van der Waals surface area contributed by atoms with Gasteiger partial charge in [0.05, 0.1) is 31.2 Å². The Labute approximate surface area is 213 Å². The molecule has 35 heavy (non-hydrogen) atoms. The zero-order chi connectivity index (χ0) is 25.5. The first kappa shape index (κ1) is 25.5. The molecule has 1 aromatic carbocycles. The summed E-state index contributed by atoms with van der Waals surface area (Å²) >= 11 is 1.51. The Kier molecular flexibility index (Phi) is 7.13. The number of likely N-dealkylation sites (N-methyl/N-ethyl adjacent to an activating group) is 1. The lowest BCUT2D eigenvalue weighted by Gasteiger charge is -2.44. The van der Waals surface area contributed by atoms with E-state index in [2.05, 4.69) is 13.0 Å². The van der Waals surface area contributed by atoms with Crippen molar-refractivity contribution >= 4 is 23.7 Å². The normalized spacial score (nSPS) is 20.8. The van der Waals surface area contributed by atoms with E-state index < -0.39 is 5.54 Å². The van der Waals surface area contributed by atoms with Crippen LogP contribution in [0.25, 0.3) is 0 Å². The molecular weight excluding hydrogens is 462 g/mol. The summed E-state index contributed by atoms with van der Waals surface area (Å²) in [7, 11) is 3.32. The van der Waals surface area contributed by atoms with Gasteiger partial charge in [-0.25, -0.2) is 4.79 Å². The van der Waals surface area contributed by atoms with Gasteiger partial charge >= 0.3 is 6.03 Å². The number of benzene rings is 1. The third-order valence-electron chi connectivity index (χ3n) is 7.64. The number of urea groups is 1. The number of carbonyl (C=O) groups is 2. The van der Waals surface area contributed by atoms with Gasteiger partial charge in [-0.15, -0.1) is 11.8 Å².